The van der Waals surface area contributed by atoms with Gasteiger partial charge in [-0.3, -0.25) is 14.1 Å². The topological polar surface area (TPSA) is 132 Å². The molecule has 3 atom stereocenters. The first-order valence-corrected chi connectivity index (χ1v) is 22.8. The van der Waals surface area contributed by atoms with E-state index in [1.54, 1.807) is 0 Å². The van der Waals surface area contributed by atoms with Crippen LogP contribution in [-0.4, -0.2) is 53.3 Å². The summed E-state index contributed by atoms with van der Waals surface area (Å²) in [6.45, 7) is 3.43. The van der Waals surface area contributed by atoms with E-state index >= 15 is 0 Å². The largest absolute Gasteiger partial charge is 0.469 e. The van der Waals surface area contributed by atoms with E-state index in [-0.39, 0.29) is 19.4 Å². The number of esters is 2. The van der Waals surface area contributed by atoms with Crippen molar-refractivity contribution in [3.05, 3.63) is 109 Å². The Morgan fingerprint density at radius 2 is 1.04 bits per heavy atom. The quantitative estimate of drug-likeness (QED) is 0.0209. The number of phosphoric acid groups is 1. The highest BCUT2D eigenvalue weighted by atomic mass is 31.2. The molecule has 0 saturated carbocycles. The fourth-order valence-electron chi connectivity index (χ4n) is 5.42. The Hall–Kier alpha value is -3.33. The van der Waals surface area contributed by atoms with Gasteiger partial charge >= 0.3 is 19.8 Å². The molecule has 1 aliphatic heterocycles. The third-order valence-corrected chi connectivity index (χ3v) is 9.18. The molecule has 9 nitrogen and oxygen atoms in total. The predicted octanol–water partition coefficient (Wildman–Crippen LogP) is 12.2. The van der Waals surface area contributed by atoms with Crippen molar-refractivity contribution in [2.24, 2.45) is 0 Å². The summed E-state index contributed by atoms with van der Waals surface area (Å²) < 4.78 is 32.0. The normalized spacial score (nSPS) is 17.1. The van der Waals surface area contributed by atoms with Crippen LogP contribution in [-0.2, 0) is 32.9 Å². The van der Waals surface area contributed by atoms with Gasteiger partial charge in [-0.2, -0.15) is 0 Å². The van der Waals surface area contributed by atoms with Crippen molar-refractivity contribution >= 4 is 19.8 Å². The summed E-state index contributed by atoms with van der Waals surface area (Å²) in [5.74, 6) is -1.04. The molecule has 320 valence electrons. The summed E-state index contributed by atoms with van der Waals surface area (Å²) in [4.78, 5) is 42.9. The number of phosphoric ester groups is 1. The molecule has 0 aliphatic carbocycles. The first-order chi connectivity index (χ1) is 27.7. The standard InChI is InChI=1S/C47H73O9P/c1-3-5-7-8-9-10-11-12-13-14-15-16-17-18-22-25-28-31-35-39-46(48)53-41-43(42-54-57(50,51)52)55-47(49)40-36-32-29-26-23-20-19-21-24-27-30-34-38-45-44(56-45)37-33-6-4-2/h6,9-10,12-13,15-16,18,20-24,29-30,32-34,43-45H,3-5,7-8,11,14,17,19,25-28,31,35-42H2,1-2H3,(H2,50,51,52)/b10-9-,13-12-,16-15-,22-18-,23-20-,24-21-,32-29-,33-6-,34-30-/t43-,44?,45?/m1/s1. The number of hydrogen-bond acceptors (Lipinski definition) is 7. The molecule has 1 aliphatic rings. The van der Waals surface area contributed by atoms with Gasteiger partial charge in [0.1, 0.15) is 6.61 Å². The molecule has 0 spiro atoms. The third kappa shape index (κ3) is 36.7. The Balaban J connectivity index is 2.15. The van der Waals surface area contributed by atoms with Crippen molar-refractivity contribution < 1.29 is 42.7 Å². The molecular weight excluding hydrogens is 739 g/mol. The maximum absolute atomic E-state index is 12.4. The summed E-state index contributed by atoms with van der Waals surface area (Å²) >= 11 is 0. The lowest BCUT2D eigenvalue weighted by atomic mass is 10.1. The van der Waals surface area contributed by atoms with Crippen LogP contribution in [0.2, 0.25) is 0 Å². The summed E-state index contributed by atoms with van der Waals surface area (Å²) in [6, 6.07) is 0. The molecule has 10 heteroatoms. The summed E-state index contributed by atoms with van der Waals surface area (Å²) in [7, 11) is -4.79. The van der Waals surface area contributed by atoms with Gasteiger partial charge in [0, 0.05) is 12.8 Å². The van der Waals surface area contributed by atoms with Crippen LogP contribution in [0.1, 0.15) is 142 Å². The second-order valence-corrected chi connectivity index (χ2v) is 15.2. The lowest BCUT2D eigenvalue weighted by molar-refractivity contribution is -0.161. The van der Waals surface area contributed by atoms with E-state index in [9.17, 15) is 14.2 Å². The van der Waals surface area contributed by atoms with Crippen molar-refractivity contribution in [3.8, 4) is 0 Å². The zero-order valence-corrected chi connectivity index (χ0v) is 35.8. The third-order valence-electron chi connectivity index (χ3n) is 8.69. The average molecular weight is 813 g/mol. The van der Waals surface area contributed by atoms with Gasteiger partial charge in [0.2, 0.25) is 0 Å². The smallest absolute Gasteiger partial charge is 0.462 e. The predicted molar refractivity (Wildman–Crippen MR) is 233 cm³/mol. The van der Waals surface area contributed by atoms with Gasteiger partial charge in [-0.1, -0.05) is 142 Å². The van der Waals surface area contributed by atoms with Crippen LogP contribution in [0, 0.1) is 0 Å². The first kappa shape index (κ1) is 51.7. The van der Waals surface area contributed by atoms with E-state index < -0.39 is 32.5 Å². The maximum atomic E-state index is 12.4. The molecule has 0 aromatic rings. The molecule has 2 unspecified atom stereocenters. The number of rotatable bonds is 36. The number of carbonyl (C=O) groups excluding carboxylic acids is 2. The molecule has 1 heterocycles. The van der Waals surface area contributed by atoms with Gasteiger partial charge in [0.15, 0.2) is 6.10 Å². The molecule has 0 aromatic heterocycles. The van der Waals surface area contributed by atoms with Crippen LogP contribution in [0.25, 0.3) is 0 Å². The van der Waals surface area contributed by atoms with Crippen molar-refractivity contribution in [1.29, 1.82) is 0 Å². The molecular formula is C47H73O9P. The van der Waals surface area contributed by atoms with E-state index in [1.807, 2.05) is 12.2 Å². The Morgan fingerprint density at radius 1 is 0.561 bits per heavy atom. The van der Waals surface area contributed by atoms with Crippen molar-refractivity contribution in [2.75, 3.05) is 13.2 Å². The number of carbonyl (C=O) groups is 2. The van der Waals surface area contributed by atoms with Crippen molar-refractivity contribution in [1.82, 2.24) is 0 Å². The van der Waals surface area contributed by atoms with Crippen LogP contribution in [0.15, 0.2) is 109 Å². The zero-order chi connectivity index (χ0) is 41.5. The number of epoxide rings is 1. The Morgan fingerprint density at radius 3 is 1.54 bits per heavy atom. The highest BCUT2D eigenvalue weighted by Crippen LogP contribution is 2.36. The van der Waals surface area contributed by atoms with E-state index in [2.05, 4.69) is 116 Å². The minimum absolute atomic E-state index is 0.0691. The molecule has 1 saturated heterocycles. The fourth-order valence-corrected chi connectivity index (χ4v) is 5.78. The van der Waals surface area contributed by atoms with Crippen LogP contribution < -0.4 is 0 Å². The summed E-state index contributed by atoms with van der Waals surface area (Å²) in [6.07, 6.45) is 55.7. The van der Waals surface area contributed by atoms with Gasteiger partial charge in [-0.05, 0) is 96.3 Å². The Bertz CT molecular complexity index is 1350. The zero-order valence-electron chi connectivity index (χ0n) is 34.9. The highest BCUT2D eigenvalue weighted by Gasteiger charge is 2.35. The molecule has 2 N–H and O–H groups in total. The maximum Gasteiger partial charge on any atom is 0.469 e. The van der Waals surface area contributed by atoms with Crippen LogP contribution in [0.5, 0.6) is 0 Å². The second-order valence-electron chi connectivity index (χ2n) is 14.0. The second kappa shape index (κ2) is 37.0. The number of hydrogen-bond donors (Lipinski definition) is 2. The van der Waals surface area contributed by atoms with Gasteiger partial charge < -0.3 is 24.0 Å². The van der Waals surface area contributed by atoms with Crippen molar-refractivity contribution in [3.63, 3.8) is 0 Å². The van der Waals surface area contributed by atoms with E-state index in [1.165, 1.54) is 25.7 Å². The highest BCUT2D eigenvalue weighted by molar-refractivity contribution is 7.46. The molecule has 57 heavy (non-hydrogen) atoms. The lowest BCUT2D eigenvalue weighted by Crippen LogP contribution is -2.29. The van der Waals surface area contributed by atoms with Gasteiger partial charge in [0.05, 0.1) is 18.8 Å². The number of unbranched alkanes of at least 4 members (excludes halogenated alkanes) is 6. The van der Waals surface area contributed by atoms with E-state index in [0.717, 1.165) is 77.0 Å². The minimum atomic E-state index is -4.79. The lowest BCUT2D eigenvalue weighted by Gasteiger charge is -2.18. The SMILES string of the molecule is CC/C=C\CC1OC1C/C=C\C/C=C\C/C=C\C/C=C\CCC(=O)O[C@H](COC(=O)CCCCC/C=C\C/C=C\C/C=C\C/C=C\CCCCC)COP(=O)(O)O. The van der Waals surface area contributed by atoms with Gasteiger partial charge in [-0.15, -0.1) is 0 Å². The van der Waals surface area contributed by atoms with Crippen LogP contribution in [0.3, 0.4) is 0 Å². The Kier molecular flexibility index (Phi) is 33.5. The van der Waals surface area contributed by atoms with E-state index in [4.69, 9.17) is 24.0 Å². The molecule has 1 rings (SSSR count). The summed E-state index contributed by atoms with van der Waals surface area (Å²) in [5.41, 5.74) is 0. The minimum Gasteiger partial charge on any atom is -0.462 e. The molecule has 0 aromatic carbocycles. The fraction of sp³-hybridized carbons (Fsp3) is 0.574. The number of allylic oxidation sites excluding steroid dienone is 16. The van der Waals surface area contributed by atoms with Gasteiger partial charge in [0.25, 0.3) is 0 Å². The molecule has 0 radical (unpaired) electrons. The average Bonchev–Trinajstić information content (AvgIpc) is 3.94. The number of ether oxygens (including phenoxy) is 3. The van der Waals surface area contributed by atoms with Crippen molar-refractivity contribution in [2.45, 2.75) is 161 Å². The first-order valence-electron chi connectivity index (χ1n) is 21.3. The van der Waals surface area contributed by atoms with Crippen LogP contribution >= 0.6 is 7.82 Å². The van der Waals surface area contributed by atoms with Crippen LogP contribution in [0.4, 0.5) is 0 Å². The molecule has 0 bridgehead atoms. The monoisotopic (exact) mass is 812 g/mol. The van der Waals surface area contributed by atoms with Gasteiger partial charge in [-0.25, -0.2) is 4.57 Å². The molecule has 0 amide bonds. The Labute approximate surface area is 344 Å². The van der Waals surface area contributed by atoms with E-state index in [0.29, 0.717) is 25.0 Å². The molecule has 1 fully saturated rings. The summed E-state index contributed by atoms with van der Waals surface area (Å²) in [5, 5.41) is 0.